The first-order valence-electron chi connectivity index (χ1n) is 10.0. The second-order valence-electron chi connectivity index (χ2n) is 7.07. The second kappa shape index (κ2) is 9.04. The molecule has 156 valence electrons. The van der Waals surface area contributed by atoms with Crippen LogP contribution in [0.25, 0.3) is 10.9 Å². The second-order valence-corrected chi connectivity index (χ2v) is 7.07. The summed E-state index contributed by atoms with van der Waals surface area (Å²) in [6, 6.07) is 12.2. The lowest BCUT2D eigenvalue weighted by molar-refractivity contribution is -0.115. The summed E-state index contributed by atoms with van der Waals surface area (Å²) >= 11 is 0. The monoisotopic (exact) mass is 409 g/mol. The molecule has 1 aliphatic rings. The molecule has 1 fully saturated rings. The number of amides is 1. The summed E-state index contributed by atoms with van der Waals surface area (Å²) in [4.78, 5) is 25.2. The summed E-state index contributed by atoms with van der Waals surface area (Å²) in [7, 11) is 0. The Morgan fingerprint density at radius 2 is 1.93 bits per heavy atom. The highest BCUT2D eigenvalue weighted by atomic mass is 19.1. The van der Waals surface area contributed by atoms with Gasteiger partial charge in [0.15, 0.2) is 0 Å². The Bertz CT molecular complexity index is 1020. The van der Waals surface area contributed by atoms with Crippen LogP contribution in [0.4, 0.5) is 21.6 Å². The van der Waals surface area contributed by atoms with Crippen LogP contribution in [0.15, 0.2) is 48.8 Å². The van der Waals surface area contributed by atoms with E-state index >= 15 is 0 Å². The number of fused-ring (bicyclic) bond motifs is 1. The van der Waals surface area contributed by atoms with Gasteiger partial charge >= 0.3 is 0 Å². The van der Waals surface area contributed by atoms with Crippen LogP contribution in [0.1, 0.15) is 6.92 Å². The van der Waals surface area contributed by atoms with E-state index in [1.54, 1.807) is 11.0 Å². The third kappa shape index (κ3) is 4.49. The van der Waals surface area contributed by atoms with Crippen molar-refractivity contribution in [2.24, 2.45) is 0 Å². The van der Waals surface area contributed by atoms with Crippen LogP contribution in [-0.2, 0) is 9.53 Å². The third-order valence-corrected chi connectivity index (χ3v) is 5.12. The molecule has 0 unspecified atom stereocenters. The van der Waals surface area contributed by atoms with Crippen LogP contribution in [0.5, 0.6) is 0 Å². The molecule has 0 bridgehead atoms. The summed E-state index contributed by atoms with van der Waals surface area (Å²) in [6.07, 6.45) is 1.43. The van der Waals surface area contributed by atoms with Gasteiger partial charge in [-0.3, -0.25) is 4.79 Å². The number of hydrogen-bond donors (Lipinski definition) is 1. The fourth-order valence-electron chi connectivity index (χ4n) is 3.55. The smallest absolute Gasteiger partial charge is 0.243 e. The van der Waals surface area contributed by atoms with Crippen LogP contribution < -0.4 is 15.1 Å². The van der Waals surface area contributed by atoms with Gasteiger partial charge in [0, 0.05) is 36.4 Å². The minimum atomic E-state index is -0.362. The number of halogens is 1. The first-order chi connectivity index (χ1) is 14.6. The lowest BCUT2D eigenvalue weighted by atomic mass is 10.2. The quantitative estimate of drug-likeness (QED) is 0.675. The Morgan fingerprint density at radius 1 is 1.17 bits per heavy atom. The van der Waals surface area contributed by atoms with E-state index in [4.69, 9.17) is 4.74 Å². The normalized spacial score (nSPS) is 14.0. The zero-order valence-electron chi connectivity index (χ0n) is 16.8. The van der Waals surface area contributed by atoms with Crippen LogP contribution >= 0.6 is 0 Å². The lowest BCUT2D eigenvalue weighted by Crippen LogP contribution is -2.36. The maximum absolute atomic E-state index is 13.7. The van der Waals surface area contributed by atoms with Gasteiger partial charge in [0.2, 0.25) is 5.91 Å². The van der Waals surface area contributed by atoms with Crippen molar-refractivity contribution in [2.75, 3.05) is 54.5 Å². The Hall–Kier alpha value is -3.26. The van der Waals surface area contributed by atoms with Crippen molar-refractivity contribution in [3.63, 3.8) is 0 Å². The number of rotatable bonds is 6. The molecule has 0 saturated carbocycles. The molecule has 1 aromatic heterocycles. The van der Waals surface area contributed by atoms with Gasteiger partial charge < -0.3 is 19.9 Å². The van der Waals surface area contributed by atoms with Crippen molar-refractivity contribution in [2.45, 2.75) is 6.92 Å². The van der Waals surface area contributed by atoms with Gasteiger partial charge in [-0.1, -0.05) is 0 Å². The predicted molar refractivity (Wildman–Crippen MR) is 115 cm³/mol. The molecule has 1 aliphatic heterocycles. The van der Waals surface area contributed by atoms with E-state index in [2.05, 4.69) is 20.2 Å². The molecular formula is C22H24FN5O2. The van der Waals surface area contributed by atoms with E-state index in [0.29, 0.717) is 23.3 Å². The molecule has 0 spiro atoms. The standard InChI is InChI=1S/C22H24FN5O2/c1-2-27(22-19-13-16(23)3-8-20(19)24-15-25-22)14-21(29)26-17-4-6-18(7-5-17)28-9-11-30-12-10-28/h3-8,13,15H,2,9-12,14H2,1H3,(H,26,29). The summed E-state index contributed by atoms with van der Waals surface area (Å²) in [5.74, 6) is 0.0124. The minimum absolute atomic E-state index is 0.102. The number of carbonyl (C=O) groups is 1. The van der Waals surface area contributed by atoms with Crippen LogP contribution in [0, 0.1) is 5.82 Å². The first kappa shape index (κ1) is 20.0. The molecule has 30 heavy (non-hydrogen) atoms. The Balaban J connectivity index is 1.44. The molecule has 2 heterocycles. The Labute approximate surface area is 174 Å². The van der Waals surface area contributed by atoms with Crippen LogP contribution in [-0.4, -0.2) is 55.3 Å². The predicted octanol–water partition coefficient (Wildman–Crippen LogP) is 3.07. The molecular weight excluding hydrogens is 385 g/mol. The van der Waals surface area contributed by atoms with Crippen molar-refractivity contribution in [3.05, 3.63) is 54.6 Å². The number of carbonyl (C=O) groups excluding carboxylic acids is 1. The van der Waals surface area contributed by atoms with E-state index in [-0.39, 0.29) is 18.3 Å². The van der Waals surface area contributed by atoms with Crippen LogP contribution in [0.2, 0.25) is 0 Å². The number of ether oxygens (including phenoxy) is 1. The fourth-order valence-corrected chi connectivity index (χ4v) is 3.55. The van der Waals surface area contributed by atoms with Gasteiger partial charge in [0.25, 0.3) is 0 Å². The van der Waals surface area contributed by atoms with E-state index < -0.39 is 0 Å². The zero-order chi connectivity index (χ0) is 20.9. The number of hydrogen-bond acceptors (Lipinski definition) is 6. The summed E-state index contributed by atoms with van der Waals surface area (Å²) < 4.78 is 19.1. The highest BCUT2D eigenvalue weighted by molar-refractivity contribution is 5.96. The number of likely N-dealkylation sites (N-methyl/N-ethyl adjacent to an activating group) is 1. The van der Waals surface area contributed by atoms with Crippen molar-refractivity contribution in [1.82, 2.24) is 9.97 Å². The molecule has 0 aliphatic carbocycles. The summed E-state index contributed by atoms with van der Waals surface area (Å²) in [6.45, 7) is 5.77. The number of aromatic nitrogens is 2. The van der Waals surface area contributed by atoms with Gasteiger partial charge in [-0.05, 0) is 49.4 Å². The fraction of sp³-hybridized carbons (Fsp3) is 0.318. The summed E-state index contributed by atoms with van der Waals surface area (Å²) in [5, 5.41) is 3.51. The van der Waals surface area contributed by atoms with E-state index in [9.17, 15) is 9.18 Å². The Morgan fingerprint density at radius 3 is 2.67 bits per heavy atom. The topological polar surface area (TPSA) is 70.6 Å². The van der Waals surface area contributed by atoms with Crippen molar-refractivity contribution < 1.29 is 13.9 Å². The van der Waals surface area contributed by atoms with Gasteiger partial charge in [0.05, 0.1) is 25.3 Å². The molecule has 1 N–H and O–H groups in total. The zero-order valence-corrected chi connectivity index (χ0v) is 16.8. The molecule has 1 saturated heterocycles. The maximum Gasteiger partial charge on any atom is 0.243 e. The SMILES string of the molecule is CCN(CC(=O)Nc1ccc(N2CCOCC2)cc1)c1ncnc2ccc(F)cc12. The van der Waals surface area contributed by atoms with E-state index in [1.807, 2.05) is 31.2 Å². The average molecular weight is 409 g/mol. The number of benzene rings is 2. The van der Waals surface area contributed by atoms with Gasteiger partial charge in [0.1, 0.15) is 18.0 Å². The van der Waals surface area contributed by atoms with Crippen molar-refractivity contribution >= 4 is 34.0 Å². The Kier molecular flexibility index (Phi) is 6.04. The highest BCUT2D eigenvalue weighted by Crippen LogP contribution is 2.24. The third-order valence-electron chi connectivity index (χ3n) is 5.12. The largest absolute Gasteiger partial charge is 0.378 e. The lowest BCUT2D eigenvalue weighted by Gasteiger charge is -2.29. The first-order valence-corrected chi connectivity index (χ1v) is 10.0. The van der Waals surface area contributed by atoms with Crippen molar-refractivity contribution in [1.29, 1.82) is 0 Å². The number of nitrogens with zero attached hydrogens (tertiary/aromatic N) is 4. The highest BCUT2D eigenvalue weighted by Gasteiger charge is 2.16. The molecule has 4 rings (SSSR count). The van der Waals surface area contributed by atoms with E-state index in [1.165, 1.54) is 18.5 Å². The molecule has 0 radical (unpaired) electrons. The molecule has 1 amide bonds. The average Bonchev–Trinajstić information content (AvgIpc) is 2.78. The van der Waals surface area contributed by atoms with Crippen LogP contribution in [0.3, 0.4) is 0 Å². The molecule has 0 atom stereocenters. The van der Waals surface area contributed by atoms with E-state index in [0.717, 1.165) is 37.7 Å². The number of nitrogens with one attached hydrogen (secondary N) is 1. The van der Waals surface area contributed by atoms with Gasteiger partial charge in [-0.15, -0.1) is 0 Å². The van der Waals surface area contributed by atoms with Gasteiger partial charge in [-0.2, -0.15) is 0 Å². The number of morpholine rings is 1. The number of anilines is 3. The summed E-state index contributed by atoms with van der Waals surface area (Å²) in [5.41, 5.74) is 2.48. The molecule has 8 heteroatoms. The van der Waals surface area contributed by atoms with Crippen molar-refractivity contribution in [3.8, 4) is 0 Å². The molecule has 3 aromatic rings. The van der Waals surface area contributed by atoms with Gasteiger partial charge in [-0.25, -0.2) is 14.4 Å². The maximum atomic E-state index is 13.7. The minimum Gasteiger partial charge on any atom is -0.378 e. The molecule has 7 nitrogen and oxygen atoms in total. The molecule has 2 aromatic carbocycles.